The first-order valence-electron chi connectivity index (χ1n) is 8.77. The molecule has 0 aliphatic carbocycles. The summed E-state index contributed by atoms with van der Waals surface area (Å²) in [5, 5.41) is 15.2. The van der Waals surface area contributed by atoms with Crippen LogP contribution in [0.1, 0.15) is 27.9 Å². The van der Waals surface area contributed by atoms with Crippen molar-refractivity contribution in [3.05, 3.63) is 76.2 Å². The van der Waals surface area contributed by atoms with Crippen LogP contribution in [0.5, 0.6) is 0 Å². The smallest absolute Gasteiger partial charge is 0.338 e. The van der Waals surface area contributed by atoms with Crippen LogP contribution in [0, 0.1) is 18.3 Å². The van der Waals surface area contributed by atoms with Gasteiger partial charge in [-0.3, -0.25) is 0 Å². The third kappa shape index (κ3) is 4.64. The quantitative estimate of drug-likeness (QED) is 0.459. The molecule has 0 atom stereocenters. The van der Waals surface area contributed by atoms with Gasteiger partial charge >= 0.3 is 5.97 Å². The fourth-order valence-corrected chi connectivity index (χ4v) is 3.26. The Bertz CT molecular complexity index is 1030. The number of esters is 1. The zero-order valence-electron chi connectivity index (χ0n) is 15.6. The molecule has 28 heavy (non-hydrogen) atoms. The van der Waals surface area contributed by atoms with Crippen LogP contribution in [-0.4, -0.2) is 17.6 Å². The Morgan fingerprint density at radius 2 is 1.93 bits per heavy atom. The second kappa shape index (κ2) is 8.98. The van der Waals surface area contributed by atoms with Crippen molar-refractivity contribution in [2.24, 2.45) is 0 Å². The standard InChI is InChI=1S/C22H19N3O2S/c1-3-27-22(26)17-8-10-19(11-9-17)24-13-18(12-23)21-25-20(14-28-21)16-6-4-15(2)5-7-16/h4-11,13-14,24H,3H2,1-2H3. The molecule has 1 aromatic heterocycles. The van der Waals surface area contributed by atoms with E-state index >= 15 is 0 Å². The van der Waals surface area contributed by atoms with E-state index in [4.69, 9.17) is 4.74 Å². The normalized spacial score (nSPS) is 11.0. The van der Waals surface area contributed by atoms with Gasteiger partial charge < -0.3 is 10.1 Å². The van der Waals surface area contributed by atoms with Gasteiger partial charge in [-0.05, 0) is 38.1 Å². The molecule has 0 spiro atoms. The molecule has 3 rings (SSSR count). The lowest BCUT2D eigenvalue weighted by Gasteiger charge is -2.04. The minimum absolute atomic E-state index is 0.339. The van der Waals surface area contributed by atoms with Crippen LogP contribution < -0.4 is 5.32 Å². The highest BCUT2D eigenvalue weighted by molar-refractivity contribution is 7.11. The molecular formula is C22H19N3O2S. The highest BCUT2D eigenvalue weighted by Crippen LogP contribution is 2.26. The van der Waals surface area contributed by atoms with E-state index in [-0.39, 0.29) is 5.97 Å². The zero-order valence-corrected chi connectivity index (χ0v) is 16.4. The number of rotatable bonds is 6. The molecule has 0 bridgehead atoms. The number of nitrogens with one attached hydrogen (secondary N) is 1. The molecule has 0 unspecified atom stereocenters. The van der Waals surface area contributed by atoms with Gasteiger partial charge in [0, 0.05) is 22.8 Å². The number of hydrogen-bond acceptors (Lipinski definition) is 6. The Morgan fingerprint density at radius 3 is 2.57 bits per heavy atom. The van der Waals surface area contributed by atoms with Gasteiger partial charge in [0.05, 0.1) is 17.9 Å². The summed E-state index contributed by atoms with van der Waals surface area (Å²) < 4.78 is 4.97. The van der Waals surface area contributed by atoms with Crippen molar-refractivity contribution in [1.82, 2.24) is 4.98 Å². The SMILES string of the molecule is CCOC(=O)c1ccc(NC=C(C#N)c2nc(-c3ccc(C)cc3)cs2)cc1. The number of hydrogen-bond donors (Lipinski definition) is 1. The molecule has 0 radical (unpaired) electrons. The van der Waals surface area contributed by atoms with Crippen molar-refractivity contribution in [2.45, 2.75) is 13.8 Å². The molecule has 3 aromatic rings. The monoisotopic (exact) mass is 389 g/mol. The highest BCUT2D eigenvalue weighted by atomic mass is 32.1. The predicted octanol–water partition coefficient (Wildman–Crippen LogP) is 5.27. The van der Waals surface area contributed by atoms with Crippen molar-refractivity contribution in [1.29, 1.82) is 5.26 Å². The lowest BCUT2D eigenvalue weighted by Crippen LogP contribution is -2.04. The highest BCUT2D eigenvalue weighted by Gasteiger charge is 2.09. The number of carbonyl (C=O) groups is 1. The minimum Gasteiger partial charge on any atom is -0.462 e. The molecule has 2 aromatic carbocycles. The summed E-state index contributed by atoms with van der Waals surface area (Å²) in [6.45, 7) is 4.15. The molecule has 0 fully saturated rings. The Hall–Kier alpha value is -3.43. The van der Waals surface area contributed by atoms with E-state index in [0.717, 1.165) is 16.9 Å². The number of allylic oxidation sites excluding steroid dienone is 1. The van der Waals surface area contributed by atoms with Crippen LogP contribution in [0.4, 0.5) is 5.69 Å². The van der Waals surface area contributed by atoms with E-state index in [1.54, 1.807) is 37.4 Å². The lowest BCUT2D eigenvalue weighted by molar-refractivity contribution is 0.0526. The Morgan fingerprint density at radius 1 is 1.21 bits per heavy atom. The molecule has 140 valence electrons. The fraction of sp³-hybridized carbons (Fsp3) is 0.136. The van der Waals surface area contributed by atoms with Crippen molar-refractivity contribution in [3.8, 4) is 17.3 Å². The van der Waals surface area contributed by atoms with Crippen molar-refractivity contribution in [3.63, 3.8) is 0 Å². The summed E-state index contributed by atoms with van der Waals surface area (Å²) in [6.07, 6.45) is 1.62. The van der Waals surface area contributed by atoms with E-state index in [2.05, 4.69) is 16.4 Å². The van der Waals surface area contributed by atoms with E-state index in [1.807, 2.05) is 36.6 Å². The fourth-order valence-electron chi connectivity index (χ4n) is 2.47. The Balaban J connectivity index is 1.73. The van der Waals surface area contributed by atoms with Crippen LogP contribution in [-0.2, 0) is 4.74 Å². The van der Waals surface area contributed by atoms with E-state index in [1.165, 1.54) is 16.9 Å². The Labute approximate surface area is 167 Å². The summed E-state index contributed by atoms with van der Waals surface area (Å²) in [6, 6.07) is 17.2. The third-order valence-electron chi connectivity index (χ3n) is 3.98. The number of thiazole rings is 1. The average Bonchev–Trinajstić information content (AvgIpc) is 3.20. The van der Waals surface area contributed by atoms with E-state index in [9.17, 15) is 10.1 Å². The van der Waals surface area contributed by atoms with Crippen molar-refractivity contribution in [2.75, 3.05) is 11.9 Å². The first-order valence-corrected chi connectivity index (χ1v) is 9.65. The summed E-state index contributed by atoms with van der Waals surface area (Å²) in [5.41, 5.74) is 4.75. The first-order chi connectivity index (χ1) is 13.6. The second-order valence-electron chi connectivity index (χ2n) is 6.02. The number of carbonyl (C=O) groups excluding carboxylic acids is 1. The van der Waals surface area contributed by atoms with Crippen molar-refractivity contribution < 1.29 is 9.53 Å². The number of nitriles is 1. The van der Waals surface area contributed by atoms with Gasteiger partial charge in [0.2, 0.25) is 0 Å². The number of benzene rings is 2. The van der Waals surface area contributed by atoms with Crippen molar-refractivity contribution >= 4 is 28.6 Å². The maximum absolute atomic E-state index is 11.7. The Kier molecular flexibility index (Phi) is 6.20. The number of anilines is 1. The lowest BCUT2D eigenvalue weighted by atomic mass is 10.1. The summed E-state index contributed by atoms with van der Waals surface area (Å²) in [5.74, 6) is -0.353. The van der Waals surface area contributed by atoms with E-state index in [0.29, 0.717) is 22.8 Å². The molecule has 0 saturated heterocycles. The number of ether oxygens (including phenoxy) is 1. The summed E-state index contributed by atoms with van der Waals surface area (Å²) >= 11 is 1.43. The van der Waals surface area contributed by atoms with Crippen LogP contribution >= 0.6 is 11.3 Å². The van der Waals surface area contributed by atoms with E-state index < -0.39 is 0 Å². The van der Waals surface area contributed by atoms with Crippen LogP contribution in [0.3, 0.4) is 0 Å². The van der Waals surface area contributed by atoms with Crippen LogP contribution in [0.25, 0.3) is 16.8 Å². The number of aromatic nitrogens is 1. The summed E-state index contributed by atoms with van der Waals surface area (Å²) in [4.78, 5) is 16.3. The van der Waals surface area contributed by atoms with Gasteiger partial charge in [-0.25, -0.2) is 9.78 Å². The number of nitrogens with zero attached hydrogens (tertiary/aromatic N) is 2. The maximum atomic E-state index is 11.7. The number of aryl methyl sites for hydroxylation is 1. The molecular weight excluding hydrogens is 370 g/mol. The molecule has 6 heteroatoms. The van der Waals surface area contributed by atoms with Gasteiger partial charge in [-0.2, -0.15) is 5.26 Å². The van der Waals surface area contributed by atoms with Gasteiger partial charge in [-0.1, -0.05) is 29.8 Å². The second-order valence-corrected chi connectivity index (χ2v) is 6.87. The van der Waals surface area contributed by atoms with Gasteiger partial charge in [0.15, 0.2) is 0 Å². The molecule has 1 N–H and O–H groups in total. The topological polar surface area (TPSA) is 75.0 Å². The third-order valence-corrected chi connectivity index (χ3v) is 4.86. The molecule has 0 amide bonds. The molecule has 1 heterocycles. The van der Waals surface area contributed by atoms with Crippen LogP contribution in [0.15, 0.2) is 60.1 Å². The molecule has 5 nitrogen and oxygen atoms in total. The minimum atomic E-state index is -0.353. The summed E-state index contributed by atoms with van der Waals surface area (Å²) in [7, 11) is 0. The van der Waals surface area contributed by atoms with Gasteiger partial charge in [0.25, 0.3) is 0 Å². The predicted molar refractivity (Wildman–Crippen MR) is 112 cm³/mol. The molecule has 0 saturated carbocycles. The largest absolute Gasteiger partial charge is 0.462 e. The zero-order chi connectivity index (χ0) is 19.9. The maximum Gasteiger partial charge on any atom is 0.338 e. The molecule has 0 aliphatic rings. The molecule has 0 aliphatic heterocycles. The van der Waals surface area contributed by atoms with Crippen LogP contribution in [0.2, 0.25) is 0 Å². The average molecular weight is 389 g/mol. The van der Waals surface area contributed by atoms with Gasteiger partial charge in [-0.15, -0.1) is 11.3 Å². The first kappa shape index (κ1) is 19.3. The van der Waals surface area contributed by atoms with Gasteiger partial charge in [0.1, 0.15) is 16.6 Å².